The SMILES string of the molecule is Cc1ccc(SCC(=O)N(CCC(N)=O)c2ccc(F)cc2)cc1C. The Morgan fingerprint density at radius 1 is 1.08 bits per heavy atom. The Morgan fingerprint density at radius 3 is 2.36 bits per heavy atom. The molecular weight excluding hydrogens is 339 g/mol. The van der Waals surface area contributed by atoms with Crippen LogP contribution in [0.3, 0.4) is 0 Å². The summed E-state index contributed by atoms with van der Waals surface area (Å²) in [5, 5.41) is 0. The van der Waals surface area contributed by atoms with E-state index in [9.17, 15) is 14.0 Å². The molecule has 25 heavy (non-hydrogen) atoms. The Labute approximate surface area is 151 Å². The minimum Gasteiger partial charge on any atom is -0.370 e. The summed E-state index contributed by atoms with van der Waals surface area (Å²) in [4.78, 5) is 26.2. The van der Waals surface area contributed by atoms with Crippen LogP contribution in [0.4, 0.5) is 10.1 Å². The summed E-state index contributed by atoms with van der Waals surface area (Å²) in [5.74, 6) is -0.799. The largest absolute Gasteiger partial charge is 0.370 e. The molecule has 0 fully saturated rings. The molecule has 4 nitrogen and oxygen atoms in total. The number of primary amides is 1. The molecule has 2 amide bonds. The average molecular weight is 360 g/mol. The van der Waals surface area contributed by atoms with Crippen LogP contribution in [0.5, 0.6) is 0 Å². The molecule has 0 radical (unpaired) electrons. The average Bonchev–Trinajstić information content (AvgIpc) is 2.57. The fraction of sp³-hybridized carbons (Fsp3) is 0.263. The van der Waals surface area contributed by atoms with E-state index in [0.29, 0.717) is 5.69 Å². The number of aryl methyl sites for hydroxylation is 2. The first-order valence-electron chi connectivity index (χ1n) is 7.91. The van der Waals surface area contributed by atoms with Crippen molar-refractivity contribution in [1.82, 2.24) is 0 Å². The van der Waals surface area contributed by atoms with Gasteiger partial charge in [-0.25, -0.2) is 4.39 Å². The summed E-state index contributed by atoms with van der Waals surface area (Å²) in [6.45, 7) is 4.24. The van der Waals surface area contributed by atoms with E-state index in [1.165, 1.54) is 52.1 Å². The molecule has 0 aliphatic carbocycles. The van der Waals surface area contributed by atoms with E-state index < -0.39 is 5.91 Å². The summed E-state index contributed by atoms with van der Waals surface area (Å²) in [7, 11) is 0. The summed E-state index contributed by atoms with van der Waals surface area (Å²) < 4.78 is 13.1. The van der Waals surface area contributed by atoms with Crippen LogP contribution in [0.15, 0.2) is 47.4 Å². The van der Waals surface area contributed by atoms with Crippen molar-refractivity contribution < 1.29 is 14.0 Å². The van der Waals surface area contributed by atoms with Gasteiger partial charge in [0.15, 0.2) is 0 Å². The second-order valence-corrected chi connectivity index (χ2v) is 6.82. The predicted octanol–water partition coefficient (Wildman–Crippen LogP) is 3.44. The lowest BCUT2D eigenvalue weighted by molar-refractivity contribution is -0.118. The molecule has 0 aliphatic rings. The van der Waals surface area contributed by atoms with Crippen molar-refractivity contribution in [3.63, 3.8) is 0 Å². The fourth-order valence-electron chi connectivity index (χ4n) is 2.27. The molecule has 0 bridgehead atoms. The van der Waals surface area contributed by atoms with E-state index in [0.717, 1.165) is 4.90 Å². The third kappa shape index (κ3) is 5.60. The van der Waals surface area contributed by atoms with Crippen LogP contribution < -0.4 is 10.6 Å². The van der Waals surface area contributed by atoms with Gasteiger partial charge in [-0.3, -0.25) is 9.59 Å². The highest BCUT2D eigenvalue weighted by molar-refractivity contribution is 8.00. The van der Waals surface area contributed by atoms with Gasteiger partial charge < -0.3 is 10.6 Å². The predicted molar refractivity (Wildman–Crippen MR) is 99.2 cm³/mol. The van der Waals surface area contributed by atoms with Gasteiger partial charge in [0.2, 0.25) is 11.8 Å². The van der Waals surface area contributed by atoms with Crippen LogP contribution in [-0.4, -0.2) is 24.1 Å². The lowest BCUT2D eigenvalue weighted by Crippen LogP contribution is -2.35. The Hall–Kier alpha value is -2.34. The maximum atomic E-state index is 13.1. The molecule has 2 aromatic rings. The van der Waals surface area contributed by atoms with Gasteiger partial charge in [-0.2, -0.15) is 0 Å². The quantitative estimate of drug-likeness (QED) is 0.769. The molecule has 0 aliphatic heterocycles. The highest BCUT2D eigenvalue weighted by Gasteiger charge is 2.17. The zero-order valence-electron chi connectivity index (χ0n) is 14.3. The van der Waals surface area contributed by atoms with E-state index >= 15 is 0 Å². The highest BCUT2D eigenvalue weighted by Crippen LogP contribution is 2.23. The van der Waals surface area contributed by atoms with Crippen LogP contribution in [0.1, 0.15) is 17.5 Å². The van der Waals surface area contributed by atoms with Crippen molar-refractivity contribution >= 4 is 29.3 Å². The zero-order chi connectivity index (χ0) is 18.4. The minimum absolute atomic E-state index is 0.0530. The second kappa shape index (κ2) is 8.67. The van der Waals surface area contributed by atoms with Crippen molar-refractivity contribution in [2.75, 3.05) is 17.2 Å². The topological polar surface area (TPSA) is 63.4 Å². The van der Waals surface area contributed by atoms with Crippen molar-refractivity contribution in [3.05, 3.63) is 59.4 Å². The summed E-state index contributed by atoms with van der Waals surface area (Å²) in [6.07, 6.45) is 0.0530. The number of halogens is 1. The Morgan fingerprint density at radius 2 is 1.76 bits per heavy atom. The summed E-state index contributed by atoms with van der Waals surface area (Å²) in [5.41, 5.74) is 8.11. The zero-order valence-corrected chi connectivity index (χ0v) is 15.1. The number of thioether (sulfide) groups is 1. The number of anilines is 1. The number of carbonyl (C=O) groups excluding carboxylic acids is 2. The van der Waals surface area contributed by atoms with Gasteiger partial charge in [0.25, 0.3) is 0 Å². The standard InChI is InChI=1S/C19H21FN2O2S/c1-13-3-8-17(11-14(13)2)25-12-19(24)22(10-9-18(21)23)16-6-4-15(20)5-7-16/h3-8,11H,9-10,12H2,1-2H3,(H2,21,23). The van der Waals surface area contributed by atoms with Crippen molar-refractivity contribution in [1.29, 1.82) is 0 Å². The van der Waals surface area contributed by atoms with Crippen LogP contribution in [0.2, 0.25) is 0 Å². The molecule has 2 rings (SSSR count). The van der Waals surface area contributed by atoms with Crippen molar-refractivity contribution in [2.24, 2.45) is 5.73 Å². The number of nitrogens with two attached hydrogens (primary N) is 1. The van der Waals surface area contributed by atoms with Gasteiger partial charge >= 0.3 is 0 Å². The normalized spacial score (nSPS) is 10.5. The third-order valence-electron chi connectivity index (χ3n) is 3.86. The van der Waals surface area contributed by atoms with Crippen LogP contribution in [0.25, 0.3) is 0 Å². The number of benzene rings is 2. The Bertz CT molecular complexity index is 763. The van der Waals surface area contributed by atoms with Gasteiger partial charge in [0.1, 0.15) is 5.82 Å². The number of hydrogen-bond donors (Lipinski definition) is 1. The molecule has 0 aromatic heterocycles. The fourth-order valence-corrected chi connectivity index (χ4v) is 3.14. The second-order valence-electron chi connectivity index (χ2n) is 5.77. The maximum Gasteiger partial charge on any atom is 0.237 e. The number of hydrogen-bond acceptors (Lipinski definition) is 3. The van der Waals surface area contributed by atoms with Crippen LogP contribution >= 0.6 is 11.8 Å². The van der Waals surface area contributed by atoms with E-state index in [4.69, 9.17) is 5.73 Å². The third-order valence-corrected chi connectivity index (χ3v) is 4.84. The number of nitrogens with zero attached hydrogens (tertiary/aromatic N) is 1. The summed E-state index contributed by atoms with van der Waals surface area (Å²) in [6, 6.07) is 11.7. The summed E-state index contributed by atoms with van der Waals surface area (Å²) >= 11 is 1.43. The van der Waals surface area contributed by atoms with Crippen LogP contribution in [0, 0.1) is 19.7 Å². The minimum atomic E-state index is -0.485. The molecule has 0 atom stereocenters. The molecule has 2 N–H and O–H groups in total. The van der Waals surface area contributed by atoms with Crippen molar-refractivity contribution in [2.45, 2.75) is 25.2 Å². The number of carbonyl (C=O) groups is 2. The molecule has 0 spiro atoms. The molecule has 132 valence electrons. The van der Waals surface area contributed by atoms with Gasteiger partial charge in [0.05, 0.1) is 5.75 Å². The van der Waals surface area contributed by atoms with E-state index in [1.54, 1.807) is 0 Å². The monoisotopic (exact) mass is 360 g/mol. The molecule has 0 heterocycles. The smallest absolute Gasteiger partial charge is 0.237 e. The first kappa shape index (κ1) is 19.0. The maximum absolute atomic E-state index is 13.1. The molecule has 0 unspecified atom stereocenters. The Balaban J connectivity index is 2.09. The van der Waals surface area contributed by atoms with E-state index in [1.807, 2.05) is 32.0 Å². The van der Waals surface area contributed by atoms with Gasteiger partial charge in [0, 0.05) is 23.5 Å². The van der Waals surface area contributed by atoms with Gasteiger partial charge in [-0.1, -0.05) is 6.07 Å². The van der Waals surface area contributed by atoms with Gasteiger partial charge in [-0.15, -0.1) is 11.8 Å². The highest BCUT2D eigenvalue weighted by atomic mass is 32.2. The molecule has 2 aromatic carbocycles. The molecular formula is C19H21FN2O2S. The lowest BCUT2D eigenvalue weighted by atomic mass is 10.1. The Kier molecular flexibility index (Phi) is 6.58. The van der Waals surface area contributed by atoms with Gasteiger partial charge in [-0.05, 0) is 61.4 Å². The first-order valence-corrected chi connectivity index (χ1v) is 8.89. The lowest BCUT2D eigenvalue weighted by Gasteiger charge is -2.22. The van der Waals surface area contributed by atoms with E-state index in [-0.39, 0.29) is 30.4 Å². The van der Waals surface area contributed by atoms with E-state index in [2.05, 4.69) is 0 Å². The number of amides is 2. The van der Waals surface area contributed by atoms with Crippen molar-refractivity contribution in [3.8, 4) is 0 Å². The molecule has 6 heteroatoms. The molecule has 0 saturated heterocycles. The molecule has 0 saturated carbocycles. The first-order chi connectivity index (χ1) is 11.9. The van der Waals surface area contributed by atoms with Crippen LogP contribution in [-0.2, 0) is 9.59 Å². The number of rotatable bonds is 7.